The quantitative estimate of drug-likeness (QED) is 0.638. The fourth-order valence-corrected chi connectivity index (χ4v) is 3.93. The largest absolute Gasteiger partial charge is 0.508 e. The Morgan fingerprint density at radius 2 is 1.36 bits per heavy atom. The van der Waals surface area contributed by atoms with Gasteiger partial charge in [-0.25, -0.2) is 0 Å². The number of benzene rings is 3. The van der Waals surface area contributed by atoms with E-state index in [-0.39, 0.29) is 5.75 Å². The van der Waals surface area contributed by atoms with E-state index in [4.69, 9.17) is 9.47 Å². The molecule has 4 rings (SSSR count). The lowest BCUT2D eigenvalue weighted by atomic mass is 9.88. The molecular formula is C25H24O3. The number of phenols is 1. The molecule has 142 valence electrons. The zero-order valence-corrected chi connectivity index (χ0v) is 16.2. The van der Waals surface area contributed by atoms with Gasteiger partial charge in [0.25, 0.3) is 0 Å². The van der Waals surface area contributed by atoms with Crippen LogP contribution in [-0.4, -0.2) is 19.3 Å². The minimum absolute atomic E-state index is 0.277. The molecule has 1 aliphatic carbocycles. The van der Waals surface area contributed by atoms with E-state index in [1.54, 1.807) is 26.4 Å². The van der Waals surface area contributed by atoms with E-state index in [1.165, 1.54) is 27.8 Å². The second-order valence-electron chi connectivity index (χ2n) is 7.01. The Balaban J connectivity index is 1.95. The van der Waals surface area contributed by atoms with E-state index in [2.05, 4.69) is 24.3 Å². The van der Waals surface area contributed by atoms with Crippen LogP contribution in [-0.2, 0) is 6.42 Å². The van der Waals surface area contributed by atoms with E-state index < -0.39 is 0 Å². The highest BCUT2D eigenvalue weighted by molar-refractivity contribution is 6.00. The van der Waals surface area contributed by atoms with Gasteiger partial charge in [0, 0.05) is 0 Å². The molecule has 0 radical (unpaired) electrons. The van der Waals surface area contributed by atoms with Crippen LogP contribution >= 0.6 is 0 Å². The van der Waals surface area contributed by atoms with Crippen LogP contribution in [0.2, 0.25) is 0 Å². The zero-order valence-electron chi connectivity index (χ0n) is 16.2. The van der Waals surface area contributed by atoms with Crippen molar-refractivity contribution in [3.8, 4) is 17.2 Å². The van der Waals surface area contributed by atoms with Crippen molar-refractivity contribution < 1.29 is 14.6 Å². The van der Waals surface area contributed by atoms with Crippen LogP contribution in [0.5, 0.6) is 17.2 Å². The summed E-state index contributed by atoms with van der Waals surface area (Å²) in [4.78, 5) is 0. The molecule has 3 heteroatoms. The first-order valence-corrected chi connectivity index (χ1v) is 9.54. The molecule has 0 fully saturated rings. The maximum atomic E-state index is 9.77. The molecule has 1 aliphatic rings. The number of phenolic OH excluding ortho intramolecular Hbond substituents is 1. The van der Waals surface area contributed by atoms with Crippen molar-refractivity contribution in [3.05, 3.63) is 89.0 Å². The Morgan fingerprint density at radius 1 is 0.714 bits per heavy atom. The third-order valence-electron chi connectivity index (χ3n) is 5.35. The zero-order chi connectivity index (χ0) is 19.5. The molecule has 0 atom stereocenters. The number of fused-ring (bicyclic) bond motifs is 1. The van der Waals surface area contributed by atoms with Crippen molar-refractivity contribution in [2.75, 3.05) is 14.2 Å². The Bertz CT molecular complexity index is 999. The van der Waals surface area contributed by atoms with Gasteiger partial charge >= 0.3 is 0 Å². The second-order valence-corrected chi connectivity index (χ2v) is 7.01. The van der Waals surface area contributed by atoms with Crippen LogP contribution < -0.4 is 9.47 Å². The van der Waals surface area contributed by atoms with E-state index in [1.807, 2.05) is 30.3 Å². The molecule has 0 saturated heterocycles. The smallest absolute Gasteiger partial charge is 0.119 e. The SMILES string of the molecule is COc1ccc(C2=C(c3ccc(O)cc3)c3ccc(OC)cc3CCC2)cc1. The molecule has 28 heavy (non-hydrogen) atoms. The number of allylic oxidation sites excluding steroid dienone is 1. The Hall–Kier alpha value is -3.20. The highest BCUT2D eigenvalue weighted by atomic mass is 16.5. The van der Waals surface area contributed by atoms with Gasteiger partial charge in [-0.2, -0.15) is 0 Å². The summed E-state index contributed by atoms with van der Waals surface area (Å²) in [6.45, 7) is 0. The lowest BCUT2D eigenvalue weighted by Crippen LogP contribution is -1.97. The monoisotopic (exact) mass is 372 g/mol. The molecule has 0 aromatic heterocycles. The number of ether oxygens (including phenoxy) is 2. The first kappa shape index (κ1) is 18.2. The van der Waals surface area contributed by atoms with Crippen LogP contribution in [0.4, 0.5) is 0 Å². The molecule has 0 unspecified atom stereocenters. The molecule has 1 N–H and O–H groups in total. The highest BCUT2D eigenvalue weighted by Crippen LogP contribution is 2.41. The summed E-state index contributed by atoms with van der Waals surface area (Å²) in [5.41, 5.74) is 7.38. The fourth-order valence-electron chi connectivity index (χ4n) is 3.93. The number of hydrogen-bond donors (Lipinski definition) is 1. The minimum Gasteiger partial charge on any atom is -0.508 e. The Morgan fingerprint density at radius 3 is 2.04 bits per heavy atom. The molecule has 0 aliphatic heterocycles. The maximum absolute atomic E-state index is 9.77. The van der Waals surface area contributed by atoms with Crippen molar-refractivity contribution in [2.24, 2.45) is 0 Å². The summed E-state index contributed by atoms with van der Waals surface area (Å²) in [5, 5.41) is 9.77. The molecule has 0 heterocycles. The Kier molecular flexibility index (Phi) is 5.07. The number of rotatable bonds is 4. The number of aromatic hydroxyl groups is 1. The van der Waals surface area contributed by atoms with E-state index in [0.717, 1.165) is 36.3 Å². The average molecular weight is 372 g/mol. The summed E-state index contributed by atoms with van der Waals surface area (Å²) in [6, 6.07) is 22.1. The lowest BCUT2D eigenvalue weighted by molar-refractivity contribution is 0.414. The van der Waals surface area contributed by atoms with Crippen LogP contribution in [0, 0.1) is 0 Å². The summed E-state index contributed by atoms with van der Waals surface area (Å²) in [7, 11) is 3.39. The molecular weight excluding hydrogens is 348 g/mol. The van der Waals surface area contributed by atoms with Gasteiger partial charge in [0.2, 0.25) is 0 Å². The molecule has 0 bridgehead atoms. The van der Waals surface area contributed by atoms with E-state index in [0.29, 0.717) is 0 Å². The highest BCUT2D eigenvalue weighted by Gasteiger charge is 2.20. The van der Waals surface area contributed by atoms with Crippen LogP contribution in [0.1, 0.15) is 35.1 Å². The van der Waals surface area contributed by atoms with Crippen molar-refractivity contribution >= 4 is 11.1 Å². The van der Waals surface area contributed by atoms with Gasteiger partial charge in [-0.3, -0.25) is 0 Å². The van der Waals surface area contributed by atoms with Gasteiger partial charge in [-0.1, -0.05) is 30.3 Å². The molecule has 3 nitrogen and oxygen atoms in total. The van der Waals surface area contributed by atoms with Gasteiger partial charge in [0.1, 0.15) is 17.2 Å². The van der Waals surface area contributed by atoms with Gasteiger partial charge < -0.3 is 14.6 Å². The molecule has 3 aromatic carbocycles. The lowest BCUT2D eigenvalue weighted by Gasteiger charge is -2.17. The summed E-state index contributed by atoms with van der Waals surface area (Å²) >= 11 is 0. The van der Waals surface area contributed by atoms with Crippen molar-refractivity contribution in [1.82, 2.24) is 0 Å². The third kappa shape index (κ3) is 3.48. The number of aryl methyl sites for hydroxylation is 1. The summed E-state index contributed by atoms with van der Waals surface area (Å²) < 4.78 is 10.8. The van der Waals surface area contributed by atoms with E-state index in [9.17, 15) is 5.11 Å². The van der Waals surface area contributed by atoms with Crippen LogP contribution in [0.3, 0.4) is 0 Å². The average Bonchev–Trinajstić information content (AvgIpc) is 2.93. The summed E-state index contributed by atoms with van der Waals surface area (Å²) in [6.07, 6.45) is 3.07. The first-order valence-electron chi connectivity index (χ1n) is 9.54. The van der Waals surface area contributed by atoms with Crippen molar-refractivity contribution in [3.63, 3.8) is 0 Å². The topological polar surface area (TPSA) is 38.7 Å². The molecule has 0 saturated carbocycles. The van der Waals surface area contributed by atoms with Gasteiger partial charge in [-0.15, -0.1) is 0 Å². The predicted octanol–water partition coefficient (Wildman–Crippen LogP) is 5.70. The van der Waals surface area contributed by atoms with Gasteiger partial charge in [-0.05, 0) is 89.1 Å². The number of methoxy groups -OCH3 is 2. The molecule has 3 aromatic rings. The van der Waals surface area contributed by atoms with Gasteiger partial charge in [0.05, 0.1) is 14.2 Å². The maximum Gasteiger partial charge on any atom is 0.119 e. The Labute approximate surface area is 165 Å². The molecule has 0 amide bonds. The predicted molar refractivity (Wildman–Crippen MR) is 113 cm³/mol. The van der Waals surface area contributed by atoms with Crippen LogP contribution in [0.15, 0.2) is 66.7 Å². The standard InChI is InChI=1S/C25H24O3/c1-27-21-12-8-17(9-13-21)23-5-3-4-19-16-22(28-2)14-15-24(19)25(23)18-6-10-20(26)11-7-18/h6-16,26H,3-5H2,1-2H3. The van der Waals surface area contributed by atoms with Crippen molar-refractivity contribution in [2.45, 2.75) is 19.3 Å². The van der Waals surface area contributed by atoms with Gasteiger partial charge in [0.15, 0.2) is 0 Å². The third-order valence-corrected chi connectivity index (χ3v) is 5.35. The minimum atomic E-state index is 0.277. The molecule has 0 spiro atoms. The normalized spacial score (nSPS) is 13.6. The fraction of sp³-hybridized carbons (Fsp3) is 0.200. The number of hydrogen-bond acceptors (Lipinski definition) is 3. The first-order chi connectivity index (χ1) is 13.7. The summed E-state index contributed by atoms with van der Waals surface area (Å²) in [5.74, 6) is 2.02. The van der Waals surface area contributed by atoms with Crippen molar-refractivity contribution in [1.29, 1.82) is 0 Å². The second kappa shape index (κ2) is 7.81. The van der Waals surface area contributed by atoms with E-state index >= 15 is 0 Å². The van der Waals surface area contributed by atoms with Crippen LogP contribution in [0.25, 0.3) is 11.1 Å².